The van der Waals surface area contributed by atoms with Gasteiger partial charge in [0.05, 0.1) is 17.4 Å². The highest BCUT2D eigenvalue weighted by Crippen LogP contribution is 2.22. The van der Waals surface area contributed by atoms with Gasteiger partial charge in [-0.1, -0.05) is 15.9 Å². The Morgan fingerprint density at radius 1 is 1.50 bits per heavy atom. The molecule has 0 radical (unpaired) electrons. The second-order valence-corrected chi connectivity index (χ2v) is 4.18. The summed E-state index contributed by atoms with van der Waals surface area (Å²) in [7, 11) is 0. The largest absolute Gasteiger partial charge is 0.345 e. The van der Waals surface area contributed by atoms with Gasteiger partial charge in [-0.25, -0.2) is 4.98 Å². The SMILES string of the molecule is BrCc1c(I)ccc2[nH]cnc12. The molecule has 0 bridgehead atoms. The number of alkyl halides is 1. The number of hydrogen-bond donors (Lipinski definition) is 1. The normalized spacial score (nSPS) is 10.8. The first-order chi connectivity index (χ1) is 5.83. The molecule has 0 saturated heterocycles. The minimum absolute atomic E-state index is 0.855. The summed E-state index contributed by atoms with van der Waals surface area (Å²) in [6, 6.07) is 4.15. The molecule has 0 unspecified atom stereocenters. The maximum atomic E-state index is 4.26. The fourth-order valence-electron chi connectivity index (χ4n) is 1.17. The average Bonchev–Trinajstić information content (AvgIpc) is 2.52. The quantitative estimate of drug-likeness (QED) is 0.629. The second-order valence-electron chi connectivity index (χ2n) is 2.46. The Morgan fingerprint density at radius 3 is 3.08 bits per heavy atom. The van der Waals surface area contributed by atoms with Crippen molar-refractivity contribution >= 4 is 49.6 Å². The van der Waals surface area contributed by atoms with Crippen LogP contribution in [0.25, 0.3) is 11.0 Å². The fourth-order valence-corrected chi connectivity index (χ4v) is 2.89. The number of H-pyrrole nitrogens is 1. The summed E-state index contributed by atoms with van der Waals surface area (Å²) in [6.07, 6.45) is 1.73. The molecule has 0 spiro atoms. The molecule has 1 aromatic carbocycles. The Hall–Kier alpha value is -0.100. The third kappa shape index (κ3) is 1.26. The van der Waals surface area contributed by atoms with Crippen molar-refractivity contribution in [2.24, 2.45) is 0 Å². The number of aromatic nitrogens is 2. The molecule has 0 saturated carbocycles. The van der Waals surface area contributed by atoms with Gasteiger partial charge >= 0.3 is 0 Å². The monoisotopic (exact) mass is 336 g/mol. The van der Waals surface area contributed by atoms with E-state index in [0.29, 0.717) is 0 Å². The molecule has 1 aromatic heterocycles. The van der Waals surface area contributed by atoms with E-state index in [-0.39, 0.29) is 0 Å². The van der Waals surface area contributed by atoms with Crippen molar-refractivity contribution < 1.29 is 0 Å². The van der Waals surface area contributed by atoms with Crippen LogP contribution in [0.4, 0.5) is 0 Å². The summed E-state index contributed by atoms with van der Waals surface area (Å²) in [4.78, 5) is 7.35. The lowest BCUT2D eigenvalue weighted by Crippen LogP contribution is -1.85. The smallest absolute Gasteiger partial charge is 0.0933 e. The molecule has 4 heteroatoms. The summed E-state index contributed by atoms with van der Waals surface area (Å²) in [5.41, 5.74) is 3.43. The van der Waals surface area contributed by atoms with Crippen molar-refractivity contribution in [3.05, 3.63) is 27.6 Å². The van der Waals surface area contributed by atoms with E-state index < -0.39 is 0 Å². The van der Waals surface area contributed by atoms with Gasteiger partial charge in [-0.2, -0.15) is 0 Å². The van der Waals surface area contributed by atoms with Crippen LogP contribution >= 0.6 is 38.5 Å². The van der Waals surface area contributed by atoms with E-state index in [1.807, 2.05) is 0 Å². The van der Waals surface area contributed by atoms with Gasteiger partial charge < -0.3 is 4.98 Å². The van der Waals surface area contributed by atoms with Crippen molar-refractivity contribution in [2.45, 2.75) is 5.33 Å². The first-order valence-electron chi connectivity index (χ1n) is 3.49. The number of rotatable bonds is 1. The molecule has 0 atom stereocenters. The lowest BCUT2D eigenvalue weighted by Gasteiger charge is -1.99. The van der Waals surface area contributed by atoms with E-state index in [4.69, 9.17) is 0 Å². The van der Waals surface area contributed by atoms with Gasteiger partial charge in [0.2, 0.25) is 0 Å². The number of imidazole rings is 1. The van der Waals surface area contributed by atoms with Crippen LogP contribution in [0.3, 0.4) is 0 Å². The Kier molecular flexibility index (Phi) is 2.36. The molecule has 0 fully saturated rings. The van der Waals surface area contributed by atoms with Crippen LogP contribution in [-0.2, 0) is 5.33 Å². The molecule has 12 heavy (non-hydrogen) atoms. The van der Waals surface area contributed by atoms with Crippen molar-refractivity contribution in [1.82, 2.24) is 9.97 Å². The highest BCUT2D eigenvalue weighted by atomic mass is 127. The van der Waals surface area contributed by atoms with Crippen LogP contribution in [0.15, 0.2) is 18.5 Å². The van der Waals surface area contributed by atoms with Crippen LogP contribution in [-0.4, -0.2) is 9.97 Å². The fraction of sp³-hybridized carbons (Fsp3) is 0.125. The van der Waals surface area contributed by atoms with Crippen LogP contribution in [0, 0.1) is 3.57 Å². The van der Waals surface area contributed by atoms with E-state index in [2.05, 4.69) is 60.6 Å². The minimum Gasteiger partial charge on any atom is -0.345 e. The molecular weight excluding hydrogens is 331 g/mol. The lowest BCUT2D eigenvalue weighted by atomic mass is 10.2. The topological polar surface area (TPSA) is 28.7 Å². The molecule has 0 amide bonds. The van der Waals surface area contributed by atoms with Crippen LogP contribution in [0.1, 0.15) is 5.56 Å². The first kappa shape index (κ1) is 8.50. The summed E-state index contributed by atoms with van der Waals surface area (Å²) < 4.78 is 1.25. The molecule has 1 heterocycles. The Labute approximate surface area is 92.0 Å². The molecule has 0 aliphatic rings. The molecular formula is C8H6BrIN2. The van der Waals surface area contributed by atoms with Gasteiger partial charge in [0.25, 0.3) is 0 Å². The van der Waals surface area contributed by atoms with E-state index in [9.17, 15) is 0 Å². The highest BCUT2D eigenvalue weighted by Gasteiger charge is 2.05. The Morgan fingerprint density at radius 2 is 2.33 bits per heavy atom. The third-order valence-corrected chi connectivity index (χ3v) is 3.34. The third-order valence-electron chi connectivity index (χ3n) is 1.77. The molecule has 2 nitrogen and oxygen atoms in total. The molecule has 0 aliphatic carbocycles. The number of nitrogens with one attached hydrogen (secondary N) is 1. The Balaban J connectivity index is 2.83. The standard InChI is InChI=1S/C8H6BrIN2/c9-3-5-6(10)1-2-7-8(5)12-4-11-7/h1-2,4H,3H2,(H,11,12). The second kappa shape index (κ2) is 3.33. The molecule has 0 aliphatic heterocycles. The number of halogens is 2. The predicted molar refractivity (Wildman–Crippen MR) is 61.4 cm³/mol. The average molecular weight is 337 g/mol. The number of benzene rings is 1. The zero-order chi connectivity index (χ0) is 8.55. The van der Waals surface area contributed by atoms with Crippen LogP contribution < -0.4 is 0 Å². The summed E-state index contributed by atoms with van der Waals surface area (Å²) in [6.45, 7) is 0. The van der Waals surface area contributed by atoms with Gasteiger partial charge in [0.15, 0.2) is 0 Å². The molecule has 62 valence electrons. The maximum absolute atomic E-state index is 4.26. The number of hydrogen-bond acceptors (Lipinski definition) is 1. The van der Waals surface area contributed by atoms with Crippen LogP contribution in [0.2, 0.25) is 0 Å². The zero-order valence-corrected chi connectivity index (χ0v) is 9.89. The van der Waals surface area contributed by atoms with Gasteiger partial charge in [0, 0.05) is 14.5 Å². The van der Waals surface area contributed by atoms with Crippen molar-refractivity contribution in [3.8, 4) is 0 Å². The van der Waals surface area contributed by atoms with E-state index in [1.54, 1.807) is 6.33 Å². The minimum atomic E-state index is 0.855. The van der Waals surface area contributed by atoms with Crippen molar-refractivity contribution in [3.63, 3.8) is 0 Å². The van der Waals surface area contributed by atoms with Gasteiger partial charge in [-0.15, -0.1) is 0 Å². The van der Waals surface area contributed by atoms with E-state index in [1.165, 1.54) is 9.13 Å². The van der Waals surface area contributed by atoms with Gasteiger partial charge in [0.1, 0.15) is 0 Å². The predicted octanol–water partition coefficient (Wildman–Crippen LogP) is 3.06. The Bertz CT molecular complexity index is 410. The van der Waals surface area contributed by atoms with E-state index in [0.717, 1.165) is 16.4 Å². The van der Waals surface area contributed by atoms with Gasteiger partial charge in [-0.3, -0.25) is 0 Å². The van der Waals surface area contributed by atoms with E-state index >= 15 is 0 Å². The number of fused-ring (bicyclic) bond motifs is 1. The molecule has 1 N–H and O–H groups in total. The molecule has 2 rings (SSSR count). The summed E-state index contributed by atoms with van der Waals surface area (Å²) in [5.74, 6) is 0. The van der Waals surface area contributed by atoms with Gasteiger partial charge in [-0.05, 0) is 34.7 Å². The molecule has 2 aromatic rings. The number of nitrogens with zero attached hydrogens (tertiary/aromatic N) is 1. The van der Waals surface area contributed by atoms with Crippen molar-refractivity contribution in [1.29, 1.82) is 0 Å². The zero-order valence-electron chi connectivity index (χ0n) is 6.14. The lowest BCUT2D eigenvalue weighted by molar-refractivity contribution is 1.33. The summed E-state index contributed by atoms with van der Waals surface area (Å²) in [5, 5.41) is 0.855. The first-order valence-corrected chi connectivity index (χ1v) is 5.69. The highest BCUT2D eigenvalue weighted by molar-refractivity contribution is 14.1. The number of aromatic amines is 1. The van der Waals surface area contributed by atoms with Crippen LogP contribution in [0.5, 0.6) is 0 Å². The summed E-state index contributed by atoms with van der Waals surface area (Å²) >= 11 is 5.78. The maximum Gasteiger partial charge on any atom is 0.0933 e. The van der Waals surface area contributed by atoms with Crippen molar-refractivity contribution in [2.75, 3.05) is 0 Å².